The molecule has 1 aromatic heterocycles. The number of rotatable bonds is 8. The van der Waals surface area contributed by atoms with Crippen LogP contribution in [0.15, 0.2) is 53.7 Å². The van der Waals surface area contributed by atoms with E-state index in [1.165, 1.54) is 5.56 Å². The molecular formula is C23H33N5O. The van der Waals surface area contributed by atoms with Crippen molar-refractivity contribution >= 4 is 11.8 Å². The maximum atomic E-state index is 5.72. The summed E-state index contributed by atoms with van der Waals surface area (Å²) < 4.78 is 5.72. The van der Waals surface area contributed by atoms with Gasteiger partial charge in [0.2, 0.25) is 0 Å². The molecule has 29 heavy (non-hydrogen) atoms. The average molecular weight is 396 g/mol. The maximum Gasteiger partial charge on any atom is 0.191 e. The zero-order valence-corrected chi connectivity index (χ0v) is 17.6. The van der Waals surface area contributed by atoms with Gasteiger partial charge < -0.3 is 20.3 Å². The molecule has 1 aromatic carbocycles. The van der Waals surface area contributed by atoms with Gasteiger partial charge in [0.25, 0.3) is 0 Å². The number of piperidine rings is 1. The van der Waals surface area contributed by atoms with E-state index in [4.69, 9.17) is 4.74 Å². The molecule has 1 aliphatic heterocycles. The molecular weight excluding hydrogens is 362 g/mol. The molecule has 1 aliphatic rings. The van der Waals surface area contributed by atoms with E-state index in [1.54, 1.807) is 0 Å². The quantitative estimate of drug-likeness (QED) is 0.531. The minimum Gasteiger partial charge on any atom is -0.494 e. The Morgan fingerprint density at radius 1 is 1.21 bits per heavy atom. The van der Waals surface area contributed by atoms with Crippen molar-refractivity contribution in [3.63, 3.8) is 0 Å². The fourth-order valence-electron chi connectivity index (χ4n) is 3.52. The van der Waals surface area contributed by atoms with Gasteiger partial charge in [-0.05, 0) is 55.5 Å². The minimum absolute atomic E-state index is 0.437. The van der Waals surface area contributed by atoms with Crippen LogP contribution in [-0.2, 0) is 6.42 Å². The van der Waals surface area contributed by atoms with Gasteiger partial charge in [0.1, 0.15) is 11.6 Å². The summed E-state index contributed by atoms with van der Waals surface area (Å²) in [6, 6.07) is 14.9. The summed E-state index contributed by atoms with van der Waals surface area (Å²) in [5.41, 5.74) is 1.27. The van der Waals surface area contributed by atoms with Gasteiger partial charge in [-0.25, -0.2) is 4.98 Å². The summed E-state index contributed by atoms with van der Waals surface area (Å²) in [7, 11) is 1.83. The Labute approximate surface area is 174 Å². The largest absolute Gasteiger partial charge is 0.494 e. The second-order valence-electron chi connectivity index (χ2n) is 7.34. The first-order valence-electron chi connectivity index (χ1n) is 10.6. The fourth-order valence-corrected chi connectivity index (χ4v) is 3.52. The Morgan fingerprint density at radius 3 is 2.79 bits per heavy atom. The lowest BCUT2D eigenvalue weighted by atomic mass is 10.1. The first kappa shape index (κ1) is 21.0. The minimum atomic E-state index is 0.437. The lowest BCUT2D eigenvalue weighted by Gasteiger charge is -2.33. The first-order valence-corrected chi connectivity index (χ1v) is 10.6. The van der Waals surface area contributed by atoms with Crippen molar-refractivity contribution in [2.24, 2.45) is 4.99 Å². The Kier molecular flexibility index (Phi) is 8.16. The molecule has 0 amide bonds. The number of hydrogen-bond acceptors (Lipinski definition) is 4. The van der Waals surface area contributed by atoms with Gasteiger partial charge >= 0.3 is 0 Å². The van der Waals surface area contributed by atoms with Crippen LogP contribution in [-0.4, -0.2) is 50.3 Å². The van der Waals surface area contributed by atoms with Crippen LogP contribution in [0.4, 0.5) is 5.82 Å². The van der Waals surface area contributed by atoms with Gasteiger partial charge in [-0.3, -0.25) is 4.99 Å². The number of pyridine rings is 1. The summed E-state index contributed by atoms with van der Waals surface area (Å²) in [4.78, 5) is 11.2. The van der Waals surface area contributed by atoms with Gasteiger partial charge in [0.05, 0.1) is 6.61 Å². The molecule has 156 valence electrons. The lowest BCUT2D eigenvalue weighted by molar-refractivity contribution is 0.317. The molecule has 2 N–H and O–H groups in total. The van der Waals surface area contributed by atoms with E-state index < -0.39 is 0 Å². The van der Waals surface area contributed by atoms with Crippen LogP contribution in [0, 0.1) is 0 Å². The number of ether oxygens (including phenoxy) is 1. The van der Waals surface area contributed by atoms with E-state index in [1.807, 2.05) is 31.4 Å². The summed E-state index contributed by atoms with van der Waals surface area (Å²) in [6.45, 7) is 5.74. The van der Waals surface area contributed by atoms with Gasteiger partial charge in [-0.1, -0.05) is 25.1 Å². The number of nitrogens with zero attached hydrogens (tertiary/aromatic N) is 3. The second kappa shape index (κ2) is 11.3. The molecule has 2 aromatic rings. The van der Waals surface area contributed by atoms with Crippen molar-refractivity contribution in [2.45, 2.75) is 38.6 Å². The summed E-state index contributed by atoms with van der Waals surface area (Å²) >= 11 is 0. The van der Waals surface area contributed by atoms with Gasteiger partial charge in [0.15, 0.2) is 5.96 Å². The van der Waals surface area contributed by atoms with Crippen LogP contribution < -0.4 is 20.3 Å². The van der Waals surface area contributed by atoms with Gasteiger partial charge in [-0.2, -0.15) is 0 Å². The number of hydrogen-bond donors (Lipinski definition) is 2. The van der Waals surface area contributed by atoms with Crippen molar-refractivity contribution < 1.29 is 4.74 Å². The Morgan fingerprint density at radius 2 is 2.07 bits per heavy atom. The number of nitrogens with one attached hydrogen (secondary N) is 2. The number of aliphatic imine (C=N–C) groups is 1. The topological polar surface area (TPSA) is 61.8 Å². The van der Waals surface area contributed by atoms with Crippen LogP contribution >= 0.6 is 0 Å². The van der Waals surface area contributed by atoms with Crippen LogP contribution in [0.5, 0.6) is 5.75 Å². The average Bonchev–Trinajstić information content (AvgIpc) is 2.78. The van der Waals surface area contributed by atoms with Crippen molar-refractivity contribution in [3.8, 4) is 5.75 Å². The summed E-state index contributed by atoms with van der Waals surface area (Å²) in [5.74, 6) is 2.89. The number of benzene rings is 1. The molecule has 0 saturated carbocycles. The fraction of sp³-hybridized carbons (Fsp3) is 0.478. The second-order valence-corrected chi connectivity index (χ2v) is 7.34. The Balaban J connectivity index is 1.40. The van der Waals surface area contributed by atoms with E-state index in [-0.39, 0.29) is 0 Å². The highest BCUT2D eigenvalue weighted by Crippen LogP contribution is 2.17. The van der Waals surface area contributed by atoms with Crippen molar-refractivity contribution in [2.75, 3.05) is 38.2 Å². The highest BCUT2D eigenvalue weighted by Gasteiger charge is 2.20. The van der Waals surface area contributed by atoms with Gasteiger partial charge in [-0.15, -0.1) is 0 Å². The molecule has 0 radical (unpaired) electrons. The molecule has 2 heterocycles. The predicted octanol–water partition coefficient (Wildman–Crippen LogP) is 3.25. The van der Waals surface area contributed by atoms with Crippen molar-refractivity contribution in [1.82, 2.24) is 15.6 Å². The van der Waals surface area contributed by atoms with Crippen LogP contribution in [0.1, 0.15) is 31.7 Å². The molecule has 3 rings (SSSR count). The van der Waals surface area contributed by atoms with Crippen LogP contribution in [0.25, 0.3) is 0 Å². The molecule has 0 aliphatic carbocycles. The lowest BCUT2D eigenvalue weighted by Crippen LogP contribution is -2.49. The zero-order chi connectivity index (χ0) is 20.3. The normalized spacial score (nSPS) is 15.2. The maximum absolute atomic E-state index is 5.72. The standard InChI is InChI=1S/C23H33N5O/c1-3-17-29-21-8-6-7-19(18-21)10-14-26-23(24-2)27-20-11-15-28(16-12-20)22-9-4-5-13-25-22/h4-9,13,18,20H,3,10-12,14-17H2,1-2H3,(H2,24,26,27). The van der Waals surface area contributed by atoms with Crippen molar-refractivity contribution in [1.29, 1.82) is 0 Å². The molecule has 0 spiro atoms. The molecule has 6 nitrogen and oxygen atoms in total. The smallest absolute Gasteiger partial charge is 0.191 e. The molecule has 1 fully saturated rings. The van der Waals surface area contributed by atoms with E-state index in [0.717, 1.165) is 69.5 Å². The van der Waals surface area contributed by atoms with Crippen molar-refractivity contribution in [3.05, 3.63) is 54.2 Å². The predicted molar refractivity (Wildman–Crippen MR) is 120 cm³/mol. The van der Waals surface area contributed by atoms with Crippen LogP contribution in [0.2, 0.25) is 0 Å². The number of anilines is 1. The third kappa shape index (κ3) is 6.66. The van der Waals surface area contributed by atoms with E-state index in [2.05, 4.69) is 56.7 Å². The number of guanidine groups is 1. The molecule has 6 heteroatoms. The molecule has 0 bridgehead atoms. The highest BCUT2D eigenvalue weighted by atomic mass is 16.5. The highest BCUT2D eigenvalue weighted by molar-refractivity contribution is 5.80. The molecule has 0 unspecified atom stereocenters. The monoisotopic (exact) mass is 395 g/mol. The SMILES string of the molecule is CCCOc1cccc(CCNC(=NC)NC2CCN(c3ccccn3)CC2)c1. The van der Waals surface area contributed by atoms with E-state index >= 15 is 0 Å². The summed E-state index contributed by atoms with van der Waals surface area (Å²) in [5, 5.41) is 7.01. The van der Waals surface area contributed by atoms with Gasteiger partial charge in [0, 0.05) is 38.9 Å². The Bertz CT molecular complexity index is 757. The third-order valence-corrected chi connectivity index (χ3v) is 5.11. The molecule has 1 saturated heterocycles. The molecule has 0 atom stereocenters. The van der Waals surface area contributed by atoms with Crippen LogP contribution in [0.3, 0.4) is 0 Å². The first-order chi connectivity index (χ1) is 14.3. The Hall–Kier alpha value is -2.76. The number of aromatic nitrogens is 1. The van der Waals surface area contributed by atoms with E-state index in [9.17, 15) is 0 Å². The third-order valence-electron chi connectivity index (χ3n) is 5.11. The zero-order valence-electron chi connectivity index (χ0n) is 17.6. The van der Waals surface area contributed by atoms with E-state index in [0.29, 0.717) is 6.04 Å². The summed E-state index contributed by atoms with van der Waals surface area (Å²) in [6.07, 6.45) is 5.97.